The molecule has 50 heavy (non-hydrogen) atoms. The molecular weight excluding hydrogens is 647 g/mol. The number of aliphatic hydroxyl groups is 1. The molecule has 0 amide bonds. The van der Waals surface area contributed by atoms with E-state index in [2.05, 4.69) is 32.6 Å². The number of nitrogens with one attached hydrogen (secondary N) is 1. The van der Waals surface area contributed by atoms with Crippen LogP contribution >= 0.6 is 0 Å². The summed E-state index contributed by atoms with van der Waals surface area (Å²) in [4.78, 5) is 11.1. The standard InChI is InChI=1S/C36H34F3N9O2/c1-47(29-4-3-5-30(29)49)18-22-13-26(36(37,38)39)32-27(14-22)45-34(50-32)28-15-23(16-31(44-28)42-19-35(8-9-35)10-11-40)25-12-21(17-41)6-7-24(25)33-46-43-20-48(33)2/h6-7,12-16,20,29-30,49H,3-5,8-10,18-19H2,1-2H3,(H,42,44)/t29-,30+/m1/s1. The molecule has 3 aromatic heterocycles. The Morgan fingerprint density at radius 2 is 1.92 bits per heavy atom. The monoisotopic (exact) mass is 681 g/mol. The number of pyridine rings is 1. The Balaban J connectivity index is 1.35. The molecule has 2 aliphatic carbocycles. The summed E-state index contributed by atoms with van der Waals surface area (Å²) in [5, 5.41) is 41.1. The normalized spacial score (nSPS) is 18.3. The molecule has 256 valence electrons. The molecule has 0 radical (unpaired) electrons. The molecule has 0 unspecified atom stereocenters. The molecule has 0 bridgehead atoms. The van der Waals surface area contributed by atoms with Crippen LogP contribution < -0.4 is 5.32 Å². The molecule has 2 saturated carbocycles. The molecule has 2 aromatic carbocycles. The first-order chi connectivity index (χ1) is 24.0. The lowest BCUT2D eigenvalue weighted by Crippen LogP contribution is -2.37. The van der Waals surface area contributed by atoms with Gasteiger partial charge in [0.05, 0.1) is 23.8 Å². The highest BCUT2D eigenvalue weighted by Gasteiger charge is 2.42. The number of nitrogens with zero attached hydrogens (tertiary/aromatic N) is 8. The Labute approximate surface area is 286 Å². The van der Waals surface area contributed by atoms with Crippen LogP contribution in [0.15, 0.2) is 53.2 Å². The van der Waals surface area contributed by atoms with Crippen LogP contribution in [-0.4, -0.2) is 60.5 Å². The number of likely N-dealkylation sites (N-methyl/N-ethyl adjacent to an activating group) is 1. The first kappa shape index (κ1) is 33.2. The van der Waals surface area contributed by atoms with Gasteiger partial charge < -0.3 is 19.4 Å². The van der Waals surface area contributed by atoms with Crippen LogP contribution in [0.5, 0.6) is 0 Å². The lowest BCUT2D eigenvalue weighted by molar-refractivity contribution is -0.136. The SMILES string of the molecule is CN(Cc1cc(C(F)(F)F)c2oc(-c3cc(-c4cc(C#N)ccc4-c4nncn4C)cc(NCC4(CC#N)CC4)n3)nc2c1)[C@@H]1CCC[C@@H]1O. The minimum Gasteiger partial charge on any atom is -0.434 e. The van der Waals surface area contributed by atoms with E-state index >= 15 is 0 Å². The number of benzene rings is 2. The summed E-state index contributed by atoms with van der Waals surface area (Å²) < 4.78 is 51.1. The second-order valence-corrected chi connectivity index (χ2v) is 13.4. The molecule has 0 saturated heterocycles. The van der Waals surface area contributed by atoms with Crippen molar-refractivity contribution in [3.8, 4) is 46.2 Å². The number of halogens is 3. The van der Waals surface area contributed by atoms with Gasteiger partial charge in [-0.1, -0.05) is 0 Å². The second-order valence-electron chi connectivity index (χ2n) is 13.4. The number of hydrogen-bond acceptors (Lipinski definition) is 10. The van der Waals surface area contributed by atoms with Crippen molar-refractivity contribution >= 4 is 16.9 Å². The molecule has 0 aliphatic heterocycles. The molecule has 3 heterocycles. The third-order valence-corrected chi connectivity index (χ3v) is 9.81. The molecule has 2 aliphatic rings. The third-order valence-electron chi connectivity index (χ3n) is 9.81. The largest absolute Gasteiger partial charge is 0.434 e. The van der Waals surface area contributed by atoms with Crippen molar-refractivity contribution in [3.05, 3.63) is 65.5 Å². The van der Waals surface area contributed by atoms with Gasteiger partial charge in [-0.05, 0) is 98.3 Å². The van der Waals surface area contributed by atoms with Gasteiger partial charge in [0.15, 0.2) is 11.4 Å². The highest BCUT2D eigenvalue weighted by Crippen LogP contribution is 2.48. The molecule has 11 nitrogen and oxygen atoms in total. The van der Waals surface area contributed by atoms with E-state index in [0.29, 0.717) is 58.8 Å². The van der Waals surface area contributed by atoms with Crippen molar-refractivity contribution < 1.29 is 22.7 Å². The maximum Gasteiger partial charge on any atom is 0.420 e. The van der Waals surface area contributed by atoms with Gasteiger partial charge in [-0.25, -0.2) is 9.97 Å². The Morgan fingerprint density at radius 1 is 1.10 bits per heavy atom. The zero-order valence-corrected chi connectivity index (χ0v) is 27.5. The molecule has 14 heteroatoms. The number of oxazole rings is 1. The highest BCUT2D eigenvalue weighted by molar-refractivity contribution is 5.85. The lowest BCUT2D eigenvalue weighted by atomic mass is 9.96. The third kappa shape index (κ3) is 6.52. The summed E-state index contributed by atoms with van der Waals surface area (Å²) in [6.45, 7) is 0.665. The smallest absolute Gasteiger partial charge is 0.420 e. The van der Waals surface area contributed by atoms with Crippen molar-refractivity contribution in [2.45, 2.75) is 63.4 Å². The molecule has 7 rings (SSSR count). The van der Waals surface area contributed by atoms with Crippen molar-refractivity contribution in [1.82, 2.24) is 29.6 Å². The molecule has 5 aromatic rings. The van der Waals surface area contributed by atoms with Crippen molar-refractivity contribution in [2.75, 3.05) is 18.9 Å². The minimum atomic E-state index is -4.72. The Bertz CT molecular complexity index is 2160. The summed E-state index contributed by atoms with van der Waals surface area (Å²) in [7, 11) is 3.60. The van der Waals surface area contributed by atoms with Gasteiger partial charge in [-0.2, -0.15) is 23.7 Å². The fourth-order valence-corrected chi connectivity index (χ4v) is 6.84. The fourth-order valence-electron chi connectivity index (χ4n) is 6.84. The number of alkyl halides is 3. The number of aryl methyl sites for hydroxylation is 1. The van der Waals surface area contributed by atoms with E-state index in [-0.39, 0.29) is 35.1 Å². The summed E-state index contributed by atoms with van der Waals surface area (Å²) in [6, 6.07) is 15.6. The summed E-state index contributed by atoms with van der Waals surface area (Å²) in [5.74, 6) is 0.841. The number of rotatable bonds is 10. The number of nitriles is 2. The van der Waals surface area contributed by atoms with E-state index in [1.54, 1.807) is 61.4 Å². The number of hydrogen-bond donors (Lipinski definition) is 2. The molecule has 2 fully saturated rings. The summed E-state index contributed by atoms with van der Waals surface area (Å²) in [5.41, 5.74) is 1.36. The average molecular weight is 682 g/mol. The molecular formula is C36H34F3N9O2. The van der Waals surface area contributed by atoms with Crippen LogP contribution in [0, 0.1) is 28.1 Å². The minimum absolute atomic E-state index is 0.0316. The average Bonchev–Trinajstić information content (AvgIpc) is 3.38. The number of anilines is 1. The summed E-state index contributed by atoms with van der Waals surface area (Å²) in [6.07, 6.45) is 0.777. The van der Waals surface area contributed by atoms with Crippen molar-refractivity contribution in [3.63, 3.8) is 0 Å². The van der Waals surface area contributed by atoms with Crippen molar-refractivity contribution in [1.29, 1.82) is 10.5 Å². The number of aliphatic hydroxyl groups excluding tert-OH is 1. The first-order valence-electron chi connectivity index (χ1n) is 16.4. The topological polar surface area (TPSA) is 153 Å². The number of fused-ring (bicyclic) bond motifs is 1. The van der Waals surface area contributed by atoms with E-state index in [0.717, 1.165) is 31.7 Å². The highest BCUT2D eigenvalue weighted by atomic mass is 19.4. The quantitative estimate of drug-likeness (QED) is 0.163. The Morgan fingerprint density at radius 3 is 2.58 bits per heavy atom. The van der Waals surface area contributed by atoms with Crippen LogP contribution in [0.25, 0.3) is 45.2 Å². The van der Waals surface area contributed by atoms with Gasteiger partial charge in [-0.3, -0.25) is 4.90 Å². The Hall–Kier alpha value is -5.31. The lowest BCUT2D eigenvalue weighted by Gasteiger charge is -2.27. The zero-order chi connectivity index (χ0) is 35.2. The van der Waals surface area contributed by atoms with Gasteiger partial charge in [-0.15, -0.1) is 10.2 Å². The van der Waals surface area contributed by atoms with E-state index in [1.165, 1.54) is 0 Å². The van der Waals surface area contributed by atoms with Crippen LogP contribution in [0.1, 0.15) is 55.2 Å². The summed E-state index contributed by atoms with van der Waals surface area (Å²) >= 11 is 0. The van der Waals surface area contributed by atoms with E-state index in [1.807, 2.05) is 4.90 Å². The van der Waals surface area contributed by atoms with Crippen LogP contribution in [0.4, 0.5) is 19.0 Å². The fraction of sp³-hybridized carbons (Fsp3) is 0.389. The maximum atomic E-state index is 14.5. The van der Waals surface area contributed by atoms with Gasteiger partial charge >= 0.3 is 6.18 Å². The zero-order valence-electron chi connectivity index (χ0n) is 27.5. The van der Waals surface area contributed by atoms with Crippen molar-refractivity contribution in [2.24, 2.45) is 12.5 Å². The predicted octanol–water partition coefficient (Wildman–Crippen LogP) is 6.69. The van der Waals surface area contributed by atoms with E-state index in [4.69, 9.17) is 9.40 Å². The van der Waals surface area contributed by atoms with Crippen LogP contribution in [-0.2, 0) is 19.8 Å². The molecule has 2 N–H and O–H groups in total. The van der Waals surface area contributed by atoms with E-state index < -0.39 is 23.4 Å². The Kier molecular flexibility index (Phi) is 8.54. The number of aromatic nitrogens is 5. The van der Waals surface area contributed by atoms with Gasteiger partial charge in [0, 0.05) is 43.6 Å². The second kappa shape index (κ2) is 12.9. The van der Waals surface area contributed by atoms with E-state index in [9.17, 15) is 28.8 Å². The maximum absolute atomic E-state index is 14.5. The van der Waals surface area contributed by atoms with Crippen LogP contribution in [0.2, 0.25) is 0 Å². The van der Waals surface area contributed by atoms with Crippen LogP contribution in [0.3, 0.4) is 0 Å². The predicted molar refractivity (Wildman–Crippen MR) is 178 cm³/mol. The first-order valence-corrected chi connectivity index (χ1v) is 16.4. The molecule has 2 atom stereocenters. The molecule has 0 spiro atoms. The van der Waals surface area contributed by atoms with Gasteiger partial charge in [0.2, 0.25) is 5.89 Å². The van der Waals surface area contributed by atoms with Gasteiger partial charge in [0.1, 0.15) is 28.9 Å². The van der Waals surface area contributed by atoms with Gasteiger partial charge in [0.25, 0.3) is 0 Å².